The topological polar surface area (TPSA) is 155 Å². The summed E-state index contributed by atoms with van der Waals surface area (Å²) in [6.07, 6.45) is 38.6. The summed E-state index contributed by atoms with van der Waals surface area (Å²) >= 11 is 0. The van der Waals surface area contributed by atoms with Gasteiger partial charge in [-0.25, -0.2) is 4.57 Å². The molecule has 0 aliphatic heterocycles. The van der Waals surface area contributed by atoms with Gasteiger partial charge in [0.15, 0.2) is 0 Å². The average Bonchev–Trinajstić information content (AvgIpc) is 3.13. The molecule has 0 radical (unpaired) electrons. The van der Waals surface area contributed by atoms with E-state index in [4.69, 9.17) is 29.4 Å². The Morgan fingerprint density at radius 3 is 1.25 bits per heavy atom. The molecule has 316 valence electrons. The predicted molar refractivity (Wildman–Crippen MR) is 217 cm³/mol. The summed E-state index contributed by atoms with van der Waals surface area (Å²) in [6.45, 7) is 3.93. The lowest BCUT2D eigenvalue weighted by Gasteiger charge is -2.20. The number of nitrogens with two attached hydrogens (primary N) is 1. The maximum absolute atomic E-state index is 12.6. The van der Waals surface area contributed by atoms with Crippen molar-refractivity contribution in [1.29, 1.82) is 0 Å². The molecule has 0 aromatic carbocycles. The van der Waals surface area contributed by atoms with E-state index in [1.807, 2.05) is 0 Å². The molecule has 0 fully saturated rings. The van der Waals surface area contributed by atoms with E-state index >= 15 is 0 Å². The molecule has 53 heavy (non-hydrogen) atoms. The van der Waals surface area contributed by atoms with E-state index in [0.717, 1.165) is 38.5 Å². The highest BCUT2D eigenvalue weighted by atomic mass is 31.2. The number of esters is 1. The minimum atomic E-state index is -4.61. The second-order valence-electron chi connectivity index (χ2n) is 15.2. The Hall–Kier alpha value is -1.03. The molecule has 10 nitrogen and oxygen atoms in total. The van der Waals surface area contributed by atoms with Crippen LogP contribution in [0.3, 0.4) is 0 Å². The fraction of sp³-hybridized carbons (Fsp3) is 0.952. The first-order valence-electron chi connectivity index (χ1n) is 22.1. The van der Waals surface area contributed by atoms with Crippen molar-refractivity contribution in [3.63, 3.8) is 0 Å². The van der Waals surface area contributed by atoms with E-state index < -0.39 is 45.1 Å². The summed E-state index contributed by atoms with van der Waals surface area (Å²) in [5.74, 6) is -1.76. The highest BCUT2D eigenvalue weighted by Crippen LogP contribution is 2.43. The second kappa shape index (κ2) is 39.2. The maximum atomic E-state index is 12.6. The minimum absolute atomic E-state index is 0.0257. The van der Waals surface area contributed by atoms with Crippen LogP contribution in [0.2, 0.25) is 0 Å². The zero-order valence-electron chi connectivity index (χ0n) is 34.4. The maximum Gasteiger partial charge on any atom is 0.472 e. The largest absolute Gasteiger partial charge is 0.480 e. The van der Waals surface area contributed by atoms with Gasteiger partial charge in [0, 0.05) is 13.0 Å². The highest BCUT2D eigenvalue weighted by Gasteiger charge is 2.27. The summed E-state index contributed by atoms with van der Waals surface area (Å²) in [7, 11) is -4.61. The SMILES string of the molecule is CCCCCCCCCCCCCCCCCCCC(=O)O[C@H](COCCCCCCCCCCCCCCCC)COP(=O)(O)OC[C@H](N)C(=O)O. The Kier molecular flexibility index (Phi) is 38.5. The quantitative estimate of drug-likeness (QED) is 0.0309. The number of hydrogen-bond donors (Lipinski definition) is 3. The number of rotatable bonds is 43. The predicted octanol–water partition coefficient (Wildman–Crippen LogP) is 12.0. The van der Waals surface area contributed by atoms with Crippen LogP contribution in [0.4, 0.5) is 0 Å². The normalized spacial score (nSPS) is 13.9. The van der Waals surface area contributed by atoms with Crippen molar-refractivity contribution in [2.45, 2.75) is 231 Å². The number of carboxylic acids is 1. The van der Waals surface area contributed by atoms with Crippen LogP contribution in [-0.4, -0.2) is 60.5 Å². The number of aliphatic carboxylic acids is 1. The van der Waals surface area contributed by atoms with Gasteiger partial charge in [0.25, 0.3) is 0 Å². The van der Waals surface area contributed by atoms with E-state index in [9.17, 15) is 19.0 Å². The average molecular weight is 778 g/mol. The van der Waals surface area contributed by atoms with Gasteiger partial charge in [0.05, 0.1) is 19.8 Å². The Bertz CT molecular complexity index is 862. The Balaban J connectivity index is 4.18. The van der Waals surface area contributed by atoms with Gasteiger partial charge in [-0.05, 0) is 12.8 Å². The van der Waals surface area contributed by atoms with Crippen molar-refractivity contribution >= 4 is 19.8 Å². The van der Waals surface area contributed by atoms with Gasteiger partial charge in [0.2, 0.25) is 0 Å². The van der Waals surface area contributed by atoms with Crippen LogP contribution in [0.5, 0.6) is 0 Å². The molecule has 11 heteroatoms. The lowest BCUT2D eigenvalue weighted by atomic mass is 10.0. The summed E-state index contributed by atoms with van der Waals surface area (Å²) in [6, 6.07) is -1.47. The molecule has 0 aliphatic carbocycles. The Morgan fingerprint density at radius 1 is 0.528 bits per heavy atom. The first kappa shape index (κ1) is 52.0. The van der Waals surface area contributed by atoms with Gasteiger partial charge in [-0.1, -0.05) is 200 Å². The highest BCUT2D eigenvalue weighted by molar-refractivity contribution is 7.47. The molecule has 0 rings (SSSR count). The summed E-state index contributed by atoms with van der Waals surface area (Å²) in [5.41, 5.74) is 5.35. The van der Waals surface area contributed by atoms with Crippen molar-refractivity contribution in [3.05, 3.63) is 0 Å². The third-order valence-corrected chi connectivity index (χ3v) is 10.8. The summed E-state index contributed by atoms with van der Waals surface area (Å²) < 4.78 is 33.4. The molecule has 4 N–H and O–H groups in total. The third kappa shape index (κ3) is 39.0. The minimum Gasteiger partial charge on any atom is -0.480 e. The van der Waals surface area contributed by atoms with Gasteiger partial charge in [-0.2, -0.15) is 0 Å². The van der Waals surface area contributed by atoms with Crippen LogP contribution >= 0.6 is 7.82 Å². The van der Waals surface area contributed by atoms with E-state index in [1.165, 1.54) is 161 Å². The molecule has 0 bridgehead atoms. The number of phosphoric ester groups is 1. The number of carbonyl (C=O) groups excluding carboxylic acids is 1. The number of ether oxygens (including phenoxy) is 2. The van der Waals surface area contributed by atoms with Crippen LogP contribution < -0.4 is 5.73 Å². The molecule has 0 aromatic rings. The molecular formula is C42H84NO9P. The molecule has 1 unspecified atom stereocenters. The zero-order chi connectivity index (χ0) is 39.1. The summed E-state index contributed by atoms with van der Waals surface area (Å²) in [4.78, 5) is 33.5. The lowest BCUT2D eigenvalue weighted by Crippen LogP contribution is -2.34. The number of phosphoric acid groups is 1. The molecule has 0 amide bonds. The van der Waals surface area contributed by atoms with Gasteiger partial charge >= 0.3 is 19.8 Å². The van der Waals surface area contributed by atoms with Crippen LogP contribution in [-0.2, 0) is 32.7 Å². The standard InChI is InChI=1S/C42H84NO9P/c1-3-5-7-9-11-13-15-17-19-20-21-22-24-26-28-30-32-34-41(44)52-39(37-50-53(47,48)51-38-40(43)42(45)46)36-49-35-33-31-29-27-25-23-18-16-14-12-10-8-6-4-2/h39-40H,3-38,43H2,1-2H3,(H,45,46)(H,47,48)/t39-,40+/m1/s1. The van der Waals surface area contributed by atoms with Gasteiger partial charge < -0.3 is 25.2 Å². The van der Waals surface area contributed by atoms with E-state index in [-0.39, 0.29) is 13.0 Å². The van der Waals surface area contributed by atoms with E-state index in [2.05, 4.69) is 13.8 Å². The molecule has 0 aliphatic rings. The van der Waals surface area contributed by atoms with Gasteiger partial charge in [-0.3, -0.25) is 18.6 Å². The molecule has 0 spiro atoms. The molecular weight excluding hydrogens is 693 g/mol. The van der Waals surface area contributed by atoms with Crippen molar-refractivity contribution in [1.82, 2.24) is 0 Å². The lowest BCUT2D eigenvalue weighted by molar-refractivity contribution is -0.154. The van der Waals surface area contributed by atoms with Gasteiger partial charge in [0.1, 0.15) is 12.1 Å². The number of carbonyl (C=O) groups is 2. The first-order chi connectivity index (χ1) is 25.7. The van der Waals surface area contributed by atoms with Crippen LogP contribution in [0.15, 0.2) is 0 Å². The monoisotopic (exact) mass is 778 g/mol. The Morgan fingerprint density at radius 2 is 0.868 bits per heavy atom. The van der Waals surface area contributed by atoms with Crippen molar-refractivity contribution in [2.75, 3.05) is 26.4 Å². The molecule has 0 saturated heterocycles. The molecule has 3 atom stereocenters. The molecule has 0 saturated carbocycles. The molecule has 0 aromatic heterocycles. The number of hydrogen-bond acceptors (Lipinski definition) is 8. The summed E-state index contributed by atoms with van der Waals surface area (Å²) in [5, 5.41) is 8.89. The van der Waals surface area contributed by atoms with Crippen LogP contribution in [0, 0.1) is 0 Å². The first-order valence-corrected chi connectivity index (χ1v) is 23.6. The van der Waals surface area contributed by atoms with E-state index in [0.29, 0.717) is 6.61 Å². The van der Waals surface area contributed by atoms with Crippen molar-refractivity contribution in [3.8, 4) is 0 Å². The second-order valence-corrected chi connectivity index (χ2v) is 16.6. The number of unbranched alkanes of at least 4 members (excludes halogenated alkanes) is 29. The smallest absolute Gasteiger partial charge is 0.472 e. The van der Waals surface area contributed by atoms with Crippen molar-refractivity contribution in [2.24, 2.45) is 5.73 Å². The van der Waals surface area contributed by atoms with Crippen molar-refractivity contribution < 1.29 is 42.7 Å². The van der Waals surface area contributed by atoms with Crippen LogP contribution in [0.1, 0.15) is 219 Å². The Labute approximate surface area is 325 Å². The van der Waals surface area contributed by atoms with Crippen LogP contribution in [0.25, 0.3) is 0 Å². The fourth-order valence-corrected chi connectivity index (χ4v) is 7.21. The fourth-order valence-electron chi connectivity index (χ4n) is 6.43. The molecule has 0 heterocycles. The number of carboxylic acid groups (broad SMARTS) is 1. The third-order valence-electron chi connectivity index (χ3n) is 9.89. The van der Waals surface area contributed by atoms with E-state index in [1.54, 1.807) is 0 Å². The van der Waals surface area contributed by atoms with Gasteiger partial charge in [-0.15, -0.1) is 0 Å². The zero-order valence-corrected chi connectivity index (χ0v) is 35.3.